The molecule has 0 spiro atoms. The number of methoxy groups -OCH3 is 1. The summed E-state index contributed by atoms with van der Waals surface area (Å²) in [5.41, 5.74) is 2.31. The van der Waals surface area contributed by atoms with Crippen molar-refractivity contribution in [3.05, 3.63) is 33.8 Å². The van der Waals surface area contributed by atoms with E-state index in [1.807, 2.05) is 12.1 Å². The lowest BCUT2D eigenvalue weighted by Gasteiger charge is -2.15. The topological polar surface area (TPSA) is 66.0 Å². The number of carbonyl (C=O) groups is 1. The van der Waals surface area contributed by atoms with E-state index in [-0.39, 0.29) is 12.5 Å². The van der Waals surface area contributed by atoms with Crippen LogP contribution >= 0.6 is 15.9 Å². The third-order valence-corrected chi connectivity index (χ3v) is 3.71. The summed E-state index contributed by atoms with van der Waals surface area (Å²) < 4.78 is 6.08. The zero-order valence-corrected chi connectivity index (χ0v) is 15.7. The highest BCUT2D eigenvalue weighted by Crippen LogP contribution is 2.16. The molecule has 128 valence electrons. The second-order valence-corrected chi connectivity index (χ2v) is 6.21. The Bertz CT molecular complexity index is 547. The Hall–Kier alpha value is -1.60. The largest absolute Gasteiger partial charge is 0.383 e. The van der Waals surface area contributed by atoms with E-state index in [9.17, 15) is 4.79 Å². The Morgan fingerprint density at radius 3 is 2.70 bits per heavy atom. The van der Waals surface area contributed by atoms with E-state index < -0.39 is 0 Å². The van der Waals surface area contributed by atoms with Crippen LogP contribution in [0.3, 0.4) is 0 Å². The van der Waals surface area contributed by atoms with Gasteiger partial charge in [0.05, 0.1) is 19.7 Å². The van der Waals surface area contributed by atoms with Crippen molar-refractivity contribution < 1.29 is 9.53 Å². The molecule has 0 fully saturated rings. The minimum atomic E-state index is -0.00827. The molecule has 0 unspecified atom stereocenters. The quantitative estimate of drug-likeness (QED) is 0.425. The molecule has 23 heavy (non-hydrogen) atoms. The first-order valence-corrected chi connectivity index (χ1v) is 8.19. The van der Waals surface area contributed by atoms with Gasteiger partial charge in [-0.3, -0.25) is 4.79 Å². The molecule has 0 aliphatic heterocycles. The van der Waals surface area contributed by atoms with Crippen molar-refractivity contribution in [2.45, 2.75) is 13.5 Å². The minimum absolute atomic E-state index is 0.00827. The highest BCUT2D eigenvalue weighted by molar-refractivity contribution is 9.10. The van der Waals surface area contributed by atoms with Crippen LogP contribution in [-0.2, 0) is 16.1 Å². The number of carbonyl (C=O) groups excluding carboxylic acids is 1. The second-order valence-electron chi connectivity index (χ2n) is 5.30. The van der Waals surface area contributed by atoms with Crippen LogP contribution in [0.25, 0.3) is 0 Å². The average Bonchev–Trinajstić information content (AvgIpc) is 2.50. The number of hydrogen-bond donors (Lipinski definition) is 2. The number of halogens is 1. The Morgan fingerprint density at radius 2 is 2.09 bits per heavy atom. The van der Waals surface area contributed by atoms with Crippen LogP contribution in [0.2, 0.25) is 0 Å². The fraction of sp³-hybridized carbons (Fsp3) is 0.500. The molecule has 0 aromatic heterocycles. The van der Waals surface area contributed by atoms with E-state index >= 15 is 0 Å². The fourth-order valence-corrected chi connectivity index (χ4v) is 2.24. The van der Waals surface area contributed by atoms with E-state index in [4.69, 9.17) is 4.74 Å². The van der Waals surface area contributed by atoms with Crippen LogP contribution < -0.4 is 10.6 Å². The molecule has 0 saturated carbocycles. The lowest BCUT2D eigenvalue weighted by molar-refractivity contribution is -0.127. The Kier molecular flexibility index (Phi) is 8.65. The van der Waals surface area contributed by atoms with Gasteiger partial charge in [0.2, 0.25) is 5.91 Å². The van der Waals surface area contributed by atoms with E-state index in [0.717, 1.165) is 10.0 Å². The highest BCUT2D eigenvalue weighted by Gasteiger charge is 2.06. The summed E-state index contributed by atoms with van der Waals surface area (Å²) in [7, 11) is 5.10. The number of nitrogens with one attached hydrogen (secondary N) is 2. The first-order valence-electron chi connectivity index (χ1n) is 7.40. The monoisotopic (exact) mass is 384 g/mol. The van der Waals surface area contributed by atoms with E-state index in [0.29, 0.717) is 25.7 Å². The Balaban J connectivity index is 2.70. The second kappa shape index (κ2) is 10.2. The lowest BCUT2D eigenvalue weighted by Crippen LogP contribution is -2.43. The zero-order chi connectivity index (χ0) is 17.2. The molecule has 0 saturated heterocycles. The predicted octanol–water partition coefficient (Wildman–Crippen LogP) is 1.53. The van der Waals surface area contributed by atoms with Gasteiger partial charge in [-0.2, -0.15) is 0 Å². The van der Waals surface area contributed by atoms with Gasteiger partial charge in [-0.05, 0) is 30.2 Å². The normalized spacial score (nSPS) is 11.3. The number of nitrogens with zero attached hydrogens (tertiary/aromatic N) is 2. The summed E-state index contributed by atoms with van der Waals surface area (Å²) in [6.45, 7) is 3.98. The van der Waals surface area contributed by atoms with Crippen LogP contribution in [-0.4, -0.2) is 57.7 Å². The van der Waals surface area contributed by atoms with Crippen molar-refractivity contribution in [3.63, 3.8) is 0 Å². The average molecular weight is 385 g/mol. The number of amides is 1. The number of aliphatic imine (C=N–C) groups is 1. The van der Waals surface area contributed by atoms with Crippen molar-refractivity contribution in [1.82, 2.24) is 15.5 Å². The number of benzene rings is 1. The minimum Gasteiger partial charge on any atom is -0.383 e. The van der Waals surface area contributed by atoms with Gasteiger partial charge in [0.1, 0.15) is 0 Å². The summed E-state index contributed by atoms with van der Waals surface area (Å²) in [5.74, 6) is 0.589. The third kappa shape index (κ3) is 7.47. The SMILES string of the molecule is COCCNC(=NCc1ccc(Br)cc1C)NCC(=O)N(C)C. The van der Waals surface area contributed by atoms with Gasteiger partial charge in [0.25, 0.3) is 0 Å². The van der Waals surface area contributed by atoms with Gasteiger partial charge >= 0.3 is 0 Å². The number of hydrogen-bond acceptors (Lipinski definition) is 3. The first-order chi connectivity index (χ1) is 10.9. The zero-order valence-electron chi connectivity index (χ0n) is 14.1. The number of guanidine groups is 1. The lowest BCUT2D eigenvalue weighted by atomic mass is 10.1. The number of aryl methyl sites for hydroxylation is 1. The Morgan fingerprint density at radius 1 is 1.35 bits per heavy atom. The van der Waals surface area contributed by atoms with Crippen molar-refractivity contribution in [3.8, 4) is 0 Å². The molecule has 0 heterocycles. The summed E-state index contributed by atoms with van der Waals surface area (Å²) >= 11 is 3.46. The van der Waals surface area contributed by atoms with Gasteiger partial charge in [-0.25, -0.2) is 4.99 Å². The Labute approximate surface area is 146 Å². The maximum Gasteiger partial charge on any atom is 0.241 e. The van der Waals surface area contributed by atoms with Crippen molar-refractivity contribution in [2.24, 2.45) is 4.99 Å². The molecular formula is C16H25BrN4O2. The van der Waals surface area contributed by atoms with Crippen LogP contribution in [0.1, 0.15) is 11.1 Å². The molecule has 0 aliphatic rings. The highest BCUT2D eigenvalue weighted by atomic mass is 79.9. The van der Waals surface area contributed by atoms with Crippen molar-refractivity contribution in [1.29, 1.82) is 0 Å². The standard InChI is InChI=1S/C16H25BrN4O2/c1-12-9-14(17)6-5-13(12)10-19-16(18-7-8-23-4)20-11-15(22)21(2)3/h5-6,9H,7-8,10-11H2,1-4H3,(H2,18,19,20). The molecule has 7 heteroatoms. The summed E-state index contributed by atoms with van der Waals surface area (Å²) in [4.78, 5) is 17.8. The molecule has 1 rings (SSSR count). The van der Waals surface area contributed by atoms with Crippen molar-refractivity contribution >= 4 is 27.8 Å². The maximum absolute atomic E-state index is 11.7. The number of ether oxygens (including phenoxy) is 1. The van der Waals surface area contributed by atoms with Gasteiger partial charge in [0.15, 0.2) is 5.96 Å². The summed E-state index contributed by atoms with van der Waals surface area (Å²) in [5, 5.41) is 6.19. The molecular weight excluding hydrogens is 360 g/mol. The summed E-state index contributed by atoms with van der Waals surface area (Å²) in [6, 6.07) is 6.10. The van der Waals surface area contributed by atoms with Gasteiger partial charge in [0, 0.05) is 32.2 Å². The van der Waals surface area contributed by atoms with Crippen LogP contribution in [0.4, 0.5) is 0 Å². The van der Waals surface area contributed by atoms with Crippen molar-refractivity contribution in [2.75, 3.05) is 40.9 Å². The number of likely N-dealkylation sites (N-methyl/N-ethyl adjacent to an activating group) is 1. The van der Waals surface area contributed by atoms with E-state index in [2.05, 4.69) is 44.5 Å². The first kappa shape index (κ1) is 19.4. The fourth-order valence-electron chi connectivity index (χ4n) is 1.76. The molecule has 0 aliphatic carbocycles. The van der Waals surface area contributed by atoms with Crippen LogP contribution in [0, 0.1) is 6.92 Å². The molecule has 0 radical (unpaired) electrons. The molecule has 1 aromatic carbocycles. The number of rotatable bonds is 7. The molecule has 1 aromatic rings. The van der Waals surface area contributed by atoms with E-state index in [1.165, 1.54) is 5.56 Å². The molecule has 0 atom stereocenters. The van der Waals surface area contributed by atoms with E-state index in [1.54, 1.807) is 26.1 Å². The predicted molar refractivity (Wildman–Crippen MR) is 96.6 cm³/mol. The third-order valence-electron chi connectivity index (χ3n) is 3.22. The maximum atomic E-state index is 11.7. The molecule has 0 bridgehead atoms. The van der Waals surface area contributed by atoms with Crippen LogP contribution in [0.15, 0.2) is 27.7 Å². The van der Waals surface area contributed by atoms with Gasteiger partial charge < -0.3 is 20.3 Å². The smallest absolute Gasteiger partial charge is 0.241 e. The van der Waals surface area contributed by atoms with Crippen LogP contribution in [0.5, 0.6) is 0 Å². The molecule has 1 amide bonds. The molecule has 2 N–H and O–H groups in total. The molecule has 6 nitrogen and oxygen atoms in total. The van der Waals surface area contributed by atoms with Gasteiger partial charge in [-0.1, -0.05) is 22.0 Å². The summed E-state index contributed by atoms with van der Waals surface area (Å²) in [6.07, 6.45) is 0. The van der Waals surface area contributed by atoms with Gasteiger partial charge in [-0.15, -0.1) is 0 Å².